The van der Waals surface area contributed by atoms with Crippen molar-refractivity contribution in [2.24, 2.45) is 5.10 Å². The standard InChI is InChI=1S/C15H9F5N2O3/c16-10-11(17)13(19)15(14(20)12(10)18)22-21-5-7-1-3-8(4-2-7)25-6-9(23)24/h1-5,22H,6H2,(H,23,24)/p-1/b21-5-. The molecular formula is C15H8F5N2O3-. The van der Waals surface area contributed by atoms with Crippen LogP contribution in [0.15, 0.2) is 29.4 Å². The fourth-order valence-corrected chi connectivity index (χ4v) is 1.67. The molecule has 0 spiro atoms. The van der Waals surface area contributed by atoms with Crippen LogP contribution < -0.4 is 15.3 Å². The normalized spacial score (nSPS) is 10.9. The Bertz CT molecular complexity index is 796. The Hall–Kier alpha value is -3.17. The van der Waals surface area contributed by atoms with Crippen LogP contribution in [0.1, 0.15) is 5.56 Å². The van der Waals surface area contributed by atoms with E-state index in [0.29, 0.717) is 5.56 Å². The number of carboxylic acids is 1. The summed E-state index contributed by atoms with van der Waals surface area (Å²) >= 11 is 0. The van der Waals surface area contributed by atoms with Crippen molar-refractivity contribution in [2.75, 3.05) is 12.0 Å². The van der Waals surface area contributed by atoms with Gasteiger partial charge in [-0.2, -0.15) is 5.10 Å². The summed E-state index contributed by atoms with van der Waals surface area (Å²) in [5.74, 6) is -11.7. The Morgan fingerprint density at radius 1 is 1.00 bits per heavy atom. The first-order valence-electron chi connectivity index (χ1n) is 6.54. The monoisotopic (exact) mass is 359 g/mol. The van der Waals surface area contributed by atoms with Crippen molar-refractivity contribution >= 4 is 17.9 Å². The highest BCUT2D eigenvalue weighted by atomic mass is 19.2. The highest BCUT2D eigenvalue weighted by Crippen LogP contribution is 2.27. The molecule has 0 unspecified atom stereocenters. The summed E-state index contributed by atoms with van der Waals surface area (Å²) in [4.78, 5) is 10.2. The molecule has 2 aromatic rings. The van der Waals surface area contributed by atoms with Crippen molar-refractivity contribution in [3.05, 3.63) is 58.9 Å². The van der Waals surface area contributed by atoms with Gasteiger partial charge in [-0.3, -0.25) is 5.43 Å². The first-order valence-corrected chi connectivity index (χ1v) is 6.54. The number of hydrogen-bond acceptors (Lipinski definition) is 5. The highest BCUT2D eigenvalue weighted by Gasteiger charge is 2.25. The van der Waals surface area contributed by atoms with Crippen molar-refractivity contribution in [1.29, 1.82) is 0 Å². The summed E-state index contributed by atoms with van der Waals surface area (Å²) in [6.45, 7) is -0.644. The predicted octanol–water partition coefficient (Wildman–Crippen LogP) is 1.96. The Kier molecular flexibility index (Phi) is 5.52. The minimum Gasteiger partial charge on any atom is -0.546 e. The largest absolute Gasteiger partial charge is 0.546 e. The molecule has 25 heavy (non-hydrogen) atoms. The number of rotatable bonds is 6. The third-order valence-corrected chi connectivity index (χ3v) is 2.84. The number of ether oxygens (including phenoxy) is 1. The molecular weight excluding hydrogens is 351 g/mol. The van der Waals surface area contributed by atoms with E-state index in [1.165, 1.54) is 24.3 Å². The van der Waals surface area contributed by atoms with Crippen LogP contribution in [0.3, 0.4) is 0 Å². The van der Waals surface area contributed by atoms with Crippen molar-refractivity contribution < 1.29 is 36.6 Å². The second kappa shape index (κ2) is 7.60. The lowest BCUT2D eigenvalue weighted by Gasteiger charge is -2.07. The lowest BCUT2D eigenvalue weighted by atomic mass is 10.2. The minimum absolute atomic E-state index is 0.217. The maximum atomic E-state index is 13.4. The maximum absolute atomic E-state index is 13.4. The number of aliphatic carboxylic acids is 1. The van der Waals surface area contributed by atoms with Crippen molar-refractivity contribution in [3.63, 3.8) is 0 Å². The lowest BCUT2D eigenvalue weighted by Crippen LogP contribution is -2.28. The van der Waals surface area contributed by atoms with Crippen LogP contribution in [0.2, 0.25) is 0 Å². The minimum atomic E-state index is -2.27. The summed E-state index contributed by atoms with van der Waals surface area (Å²) in [7, 11) is 0. The van der Waals surface area contributed by atoms with Gasteiger partial charge in [0.2, 0.25) is 5.82 Å². The third-order valence-electron chi connectivity index (χ3n) is 2.84. The van der Waals surface area contributed by atoms with E-state index in [2.05, 4.69) is 5.10 Å². The number of anilines is 1. The van der Waals surface area contributed by atoms with Crippen LogP contribution in [-0.2, 0) is 4.79 Å². The van der Waals surface area contributed by atoms with Gasteiger partial charge in [-0.25, -0.2) is 22.0 Å². The molecule has 0 fully saturated rings. The Morgan fingerprint density at radius 2 is 1.52 bits per heavy atom. The number of hydrazone groups is 1. The molecule has 0 radical (unpaired) electrons. The number of halogens is 5. The second-order valence-corrected chi connectivity index (χ2v) is 4.54. The molecule has 0 aliphatic heterocycles. The van der Waals surface area contributed by atoms with E-state index < -0.39 is 47.3 Å². The zero-order valence-electron chi connectivity index (χ0n) is 12.2. The van der Waals surface area contributed by atoms with Crippen LogP contribution >= 0.6 is 0 Å². The summed E-state index contributed by atoms with van der Waals surface area (Å²) < 4.78 is 70.6. The number of benzene rings is 2. The van der Waals surface area contributed by atoms with Gasteiger partial charge in [-0.15, -0.1) is 0 Å². The van der Waals surface area contributed by atoms with Crippen LogP contribution in [-0.4, -0.2) is 18.8 Å². The summed E-state index contributed by atoms with van der Waals surface area (Å²) in [5, 5.41) is 13.6. The third kappa shape index (κ3) is 4.22. The molecule has 5 nitrogen and oxygen atoms in total. The van der Waals surface area contributed by atoms with Gasteiger partial charge in [0, 0.05) is 0 Å². The van der Waals surface area contributed by atoms with Gasteiger partial charge in [-0.05, 0) is 29.8 Å². The molecule has 0 aromatic heterocycles. The molecule has 0 aliphatic rings. The van der Waals surface area contributed by atoms with E-state index in [9.17, 15) is 31.9 Å². The molecule has 10 heteroatoms. The first-order chi connectivity index (χ1) is 11.8. The molecule has 0 saturated heterocycles. The van der Waals surface area contributed by atoms with Crippen LogP contribution in [0.25, 0.3) is 0 Å². The number of carbonyl (C=O) groups excluding carboxylic acids is 1. The van der Waals surface area contributed by atoms with E-state index in [1.54, 1.807) is 5.43 Å². The molecule has 1 N–H and O–H groups in total. The Labute approximate surface area is 137 Å². The predicted molar refractivity (Wildman–Crippen MR) is 74.4 cm³/mol. The number of carboxylic acid groups (broad SMARTS) is 1. The zero-order valence-corrected chi connectivity index (χ0v) is 12.2. The zero-order chi connectivity index (χ0) is 18.6. The summed E-state index contributed by atoms with van der Waals surface area (Å²) in [6.07, 6.45) is 1.04. The van der Waals surface area contributed by atoms with E-state index >= 15 is 0 Å². The van der Waals surface area contributed by atoms with Gasteiger partial charge in [0.15, 0.2) is 23.3 Å². The molecule has 0 atom stereocenters. The quantitative estimate of drug-likeness (QED) is 0.281. The summed E-state index contributed by atoms with van der Waals surface area (Å²) in [5.41, 5.74) is 0.831. The smallest absolute Gasteiger partial charge is 0.200 e. The molecule has 2 rings (SSSR count). The highest BCUT2D eigenvalue weighted by molar-refractivity contribution is 5.80. The van der Waals surface area contributed by atoms with E-state index in [0.717, 1.165) is 6.21 Å². The van der Waals surface area contributed by atoms with Gasteiger partial charge in [0.1, 0.15) is 18.0 Å². The molecule has 0 saturated carbocycles. The number of nitrogens with one attached hydrogen (secondary N) is 1. The van der Waals surface area contributed by atoms with Gasteiger partial charge in [0.25, 0.3) is 0 Å². The molecule has 132 valence electrons. The average Bonchev–Trinajstić information content (AvgIpc) is 2.60. The van der Waals surface area contributed by atoms with Gasteiger partial charge in [0.05, 0.1) is 12.2 Å². The maximum Gasteiger partial charge on any atom is 0.200 e. The van der Waals surface area contributed by atoms with Crippen LogP contribution in [0.5, 0.6) is 5.75 Å². The average molecular weight is 359 g/mol. The number of hydrogen-bond donors (Lipinski definition) is 1. The topological polar surface area (TPSA) is 73.8 Å². The summed E-state index contributed by atoms with van der Waals surface area (Å²) in [6, 6.07) is 5.58. The van der Waals surface area contributed by atoms with Gasteiger partial charge < -0.3 is 14.6 Å². The van der Waals surface area contributed by atoms with Gasteiger partial charge >= 0.3 is 0 Å². The fourth-order valence-electron chi connectivity index (χ4n) is 1.67. The van der Waals surface area contributed by atoms with E-state index in [-0.39, 0.29) is 5.75 Å². The Morgan fingerprint density at radius 3 is 2.04 bits per heavy atom. The lowest BCUT2D eigenvalue weighted by molar-refractivity contribution is -0.307. The number of carbonyl (C=O) groups is 1. The second-order valence-electron chi connectivity index (χ2n) is 4.54. The van der Waals surface area contributed by atoms with Gasteiger partial charge in [-0.1, -0.05) is 0 Å². The molecule has 2 aromatic carbocycles. The molecule has 0 amide bonds. The fraction of sp³-hybridized carbons (Fsp3) is 0.0667. The van der Waals surface area contributed by atoms with Crippen LogP contribution in [0, 0.1) is 29.1 Å². The molecule has 0 aliphatic carbocycles. The SMILES string of the molecule is O=C([O-])COc1ccc(/C=N\Nc2c(F)c(F)c(F)c(F)c2F)cc1. The Balaban J connectivity index is 2.10. The van der Waals surface area contributed by atoms with E-state index in [4.69, 9.17) is 4.74 Å². The van der Waals surface area contributed by atoms with E-state index in [1.807, 2.05) is 0 Å². The molecule has 0 bridgehead atoms. The van der Waals surface area contributed by atoms with Crippen molar-refractivity contribution in [3.8, 4) is 5.75 Å². The van der Waals surface area contributed by atoms with Crippen molar-refractivity contribution in [2.45, 2.75) is 0 Å². The van der Waals surface area contributed by atoms with Crippen LogP contribution in [0.4, 0.5) is 27.6 Å². The molecule has 0 heterocycles. The number of nitrogens with zero attached hydrogens (tertiary/aromatic N) is 1. The van der Waals surface area contributed by atoms with Crippen molar-refractivity contribution in [1.82, 2.24) is 0 Å². The first kappa shape index (κ1) is 18.2.